The van der Waals surface area contributed by atoms with Crippen molar-refractivity contribution in [1.82, 2.24) is 0 Å². The highest BCUT2D eigenvalue weighted by atomic mass is 16.4. The van der Waals surface area contributed by atoms with Gasteiger partial charge in [0.15, 0.2) is 0 Å². The van der Waals surface area contributed by atoms with Crippen LogP contribution in [-0.2, 0) is 0 Å². The van der Waals surface area contributed by atoms with E-state index in [2.05, 4.69) is 0 Å². The Morgan fingerprint density at radius 1 is 0.778 bits per heavy atom. The number of hydrogen-bond donors (Lipinski definition) is 4. The smallest absolute Gasteiger partial charge is 0.429 e. The molecule has 2 aromatic rings. The largest absolute Gasteiger partial charge is 0.488 e. The van der Waals surface area contributed by atoms with Gasteiger partial charge in [0, 0.05) is 0 Å². The molecule has 1 radical (unpaired) electrons. The summed E-state index contributed by atoms with van der Waals surface area (Å²) in [6, 6.07) is 17.1. The quantitative estimate of drug-likeness (QED) is 0.538. The standard InChI is InChI=1S/C12H11BO2.BH2O2/c14-13(15)12-8-4-7-11(9-12)10-5-2-1-3-6-10;2-1-3/h1-9,14-15H;2-3H. The summed E-state index contributed by atoms with van der Waals surface area (Å²) in [6.45, 7) is 0. The number of benzene rings is 2. The molecule has 2 rings (SSSR count). The van der Waals surface area contributed by atoms with Crippen LogP contribution in [0.25, 0.3) is 11.1 Å². The predicted molar refractivity (Wildman–Crippen MR) is 71.9 cm³/mol. The Balaban J connectivity index is 0.000000492. The van der Waals surface area contributed by atoms with Crippen molar-refractivity contribution in [2.45, 2.75) is 0 Å². The fourth-order valence-corrected chi connectivity index (χ4v) is 1.51. The molecule has 0 aliphatic heterocycles. The Hall–Kier alpha value is -1.59. The normalized spacial score (nSPS) is 9.11. The van der Waals surface area contributed by atoms with Crippen LogP contribution < -0.4 is 5.46 Å². The number of hydrogen-bond acceptors (Lipinski definition) is 4. The molecular formula is C12H13B2O4. The van der Waals surface area contributed by atoms with E-state index in [1.54, 1.807) is 12.1 Å². The molecule has 0 aliphatic carbocycles. The second-order valence-corrected chi connectivity index (χ2v) is 3.48. The molecule has 18 heavy (non-hydrogen) atoms. The zero-order valence-corrected chi connectivity index (χ0v) is 9.64. The van der Waals surface area contributed by atoms with E-state index in [0.29, 0.717) is 5.46 Å². The van der Waals surface area contributed by atoms with Crippen LogP contribution in [0.1, 0.15) is 0 Å². The summed E-state index contributed by atoms with van der Waals surface area (Å²) in [6.07, 6.45) is 0. The monoisotopic (exact) mass is 243 g/mol. The summed E-state index contributed by atoms with van der Waals surface area (Å²) in [5, 5.41) is 32.1. The van der Waals surface area contributed by atoms with Gasteiger partial charge >= 0.3 is 14.8 Å². The van der Waals surface area contributed by atoms with Crippen molar-refractivity contribution in [3.8, 4) is 11.1 Å². The third-order valence-corrected chi connectivity index (χ3v) is 2.29. The second kappa shape index (κ2) is 7.68. The van der Waals surface area contributed by atoms with Crippen LogP contribution >= 0.6 is 0 Å². The highest BCUT2D eigenvalue weighted by molar-refractivity contribution is 6.58. The molecule has 6 heteroatoms. The topological polar surface area (TPSA) is 80.9 Å². The fraction of sp³-hybridized carbons (Fsp3) is 0. The van der Waals surface area contributed by atoms with Crippen LogP contribution in [0.2, 0.25) is 0 Å². The van der Waals surface area contributed by atoms with Gasteiger partial charge < -0.3 is 20.1 Å². The van der Waals surface area contributed by atoms with Crippen LogP contribution in [0.15, 0.2) is 54.6 Å². The van der Waals surface area contributed by atoms with Crippen molar-refractivity contribution < 1.29 is 20.1 Å². The molecule has 0 atom stereocenters. The van der Waals surface area contributed by atoms with Crippen molar-refractivity contribution in [2.75, 3.05) is 0 Å². The highest BCUT2D eigenvalue weighted by Crippen LogP contribution is 2.16. The molecule has 0 saturated heterocycles. The molecule has 0 aliphatic rings. The Morgan fingerprint density at radius 2 is 1.33 bits per heavy atom. The third-order valence-electron chi connectivity index (χ3n) is 2.29. The minimum atomic E-state index is -1.41. The van der Waals surface area contributed by atoms with E-state index in [1.807, 2.05) is 42.5 Å². The van der Waals surface area contributed by atoms with Gasteiger partial charge in [-0.2, -0.15) is 0 Å². The molecular weight excluding hydrogens is 230 g/mol. The lowest BCUT2D eigenvalue weighted by Crippen LogP contribution is -2.29. The van der Waals surface area contributed by atoms with Crippen LogP contribution in [0.5, 0.6) is 0 Å². The molecule has 4 nitrogen and oxygen atoms in total. The highest BCUT2D eigenvalue weighted by Gasteiger charge is 2.10. The average molecular weight is 243 g/mol. The summed E-state index contributed by atoms with van der Waals surface area (Å²) in [5.41, 5.74) is 2.57. The lowest BCUT2D eigenvalue weighted by atomic mass is 9.79. The van der Waals surface area contributed by atoms with Gasteiger partial charge in [0.1, 0.15) is 0 Å². The Bertz CT molecular complexity index is 463. The predicted octanol–water partition coefficient (Wildman–Crippen LogP) is -0.461. The van der Waals surface area contributed by atoms with Gasteiger partial charge in [-0.25, -0.2) is 0 Å². The van der Waals surface area contributed by atoms with E-state index in [4.69, 9.17) is 20.1 Å². The molecule has 4 N–H and O–H groups in total. The van der Waals surface area contributed by atoms with Crippen molar-refractivity contribution >= 4 is 20.3 Å². The molecule has 91 valence electrons. The van der Waals surface area contributed by atoms with Crippen LogP contribution in [-0.4, -0.2) is 34.9 Å². The SMILES string of the molecule is OB(O)c1cccc(-c2ccccc2)c1.O[B]O. The summed E-state index contributed by atoms with van der Waals surface area (Å²) in [7, 11) is -1.41. The average Bonchev–Trinajstić information content (AvgIpc) is 2.41. The first kappa shape index (κ1) is 14.5. The van der Waals surface area contributed by atoms with E-state index >= 15 is 0 Å². The minimum Gasteiger partial charge on any atom is -0.429 e. The summed E-state index contributed by atoms with van der Waals surface area (Å²) in [5.74, 6) is 0. The van der Waals surface area contributed by atoms with Gasteiger partial charge in [0.2, 0.25) is 0 Å². The van der Waals surface area contributed by atoms with Crippen molar-refractivity contribution in [3.05, 3.63) is 54.6 Å². The van der Waals surface area contributed by atoms with E-state index < -0.39 is 7.12 Å². The second-order valence-electron chi connectivity index (χ2n) is 3.48. The molecule has 0 saturated carbocycles. The van der Waals surface area contributed by atoms with Crippen molar-refractivity contribution in [1.29, 1.82) is 0 Å². The minimum absolute atomic E-state index is 0. The first-order valence-electron chi connectivity index (χ1n) is 5.30. The van der Waals surface area contributed by atoms with Gasteiger partial charge in [-0.3, -0.25) is 0 Å². The molecule has 2 aromatic carbocycles. The number of rotatable bonds is 2. The molecule has 0 unspecified atom stereocenters. The molecule has 0 bridgehead atoms. The van der Waals surface area contributed by atoms with Gasteiger partial charge in [-0.05, 0) is 16.6 Å². The van der Waals surface area contributed by atoms with Gasteiger partial charge in [-0.15, -0.1) is 0 Å². The molecule has 0 fully saturated rings. The van der Waals surface area contributed by atoms with E-state index in [1.165, 1.54) is 0 Å². The maximum atomic E-state index is 9.05. The first-order valence-corrected chi connectivity index (χ1v) is 5.30. The Kier molecular flexibility index (Phi) is 6.18. The van der Waals surface area contributed by atoms with Crippen molar-refractivity contribution in [2.24, 2.45) is 0 Å². The van der Waals surface area contributed by atoms with Crippen LogP contribution in [0.4, 0.5) is 0 Å². The zero-order valence-electron chi connectivity index (χ0n) is 9.64. The van der Waals surface area contributed by atoms with Gasteiger partial charge in [0.05, 0.1) is 0 Å². The molecule has 0 spiro atoms. The van der Waals surface area contributed by atoms with Crippen LogP contribution in [0, 0.1) is 0 Å². The molecule has 0 amide bonds. The van der Waals surface area contributed by atoms with E-state index in [-0.39, 0.29) is 7.69 Å². The Morgan fingerprint density at radius 3 is 1.89 bits per heavy atom. The van der Waals surface area contributed by atoms with Crippen LogP contribution in [0.3, 0.4) is 0 Å². The molecule has 0 heterocycles. The zero-order chi connectivity index (χ0) is 13.4. The maximum Gasteiger partial charge on any atom is 0.488 e. The Labute approximate surface area is 107 Å². The van der Waals surface area contributed by atoms with Crippen molar-refractivity contribution in [3.63, 3.8) is 0 Å². The molecule has 0 aromatic heterocycles. The lowest BCUT2D eigenvalue weighted by Gasteiger charge is -2.04. The summed E-state index contributed by atoms with van der Waals surface area (Å²) in [4.78, 5) is 0. The summed E-state index contributed by atoms with van der Waals surface area (Å²) >= 11 is 0. The van der Waals surface area contributed by atoms with Gasteiger partial charge in [-0.1, -0.05) is 54.6 Å². The lowest BCUT2D eigenvalue weighted by molar-refractivity contribution is 0.425. The summed E-state index contributed by atoms with van der Waals surface area (Å²) < 4.78 is 0. The first-order chi connectivity index (χ1) is 8.69. The third kappa shape index (κ3) is 4.35. The fourth-order valence-electron chi connectivity index (χ4n) is 1.51. The van der Waals surface area contributed by atoms with E-state index in [0.717, 1.165) is 11.1 Å². The maximum absolute atomic E-state index is 9.05. The van der Waals surface area contributed by atoms with Gasteiger partial charge in [0.25, 0.3) is 0 Å². The van der Waals surface area contributed by atoms with E-state index in [9.17, 15) is 0 Å².